The van der Waals surface area contributed by atoms with Gasteiger partial charge >= 0.3 is 15.5 Å². The highest BCUT2D eigenvalue weighted by atomic mass is 32.2. The van der Waals surface area contributed by atoms with Crippen molar-refractivity contribution in [2.24, 2.45) is 4.40 Å². The summed E-state index contributed by atoms with van der Waals surface area (Å²) in [6.45, 7) is 3.28. The van der Waals surface area contributed by atoms with Gasteiger partial charge in [-0.2, -0.15) is 26.0 Å². The summed E-state index contributed by atoms with van der Waals surface area (Å²) in [5.41, 5.74) is -5.55. The molecule has 0 amide bonds. The molecule has 8 heteroatoms. The molecule has 0 aliphatic carbocycles. The van der Waals surface area contributed by atoms with Crippen molar-refractivity contribution in [2.45, 2.75) is 11.9 Å². The van der Waals surface area contributed by atoms with E-state index in [0.717, 1.165) is 6.08 Å². The maximum Gasteiger partial charge on any atom is 0.518 e. The van der Waals surface area contributed by atoms with E-state index in [-0.39, 0.29) is 6.42 Å². The van der Waals surface area contributed by atoms with E-state index in [9.17, 15) is 26.7 Å². The molecule has 0 aliphatic heterocycles. The fraction of sp³-hybridized carbons (Fsp3) is 0.286. The van der Waals surface area contributed by atoms with E-state index in [1.807, 2.05) is 4.40 Å². The number of sulfonamides is 1. The lowest BCUT2D eigenvalue weighted by Crippen LogP contribution is -2.25. The Labute approximate surface area is 84.5 Å². The SMILES string of the molecule is C=CC/C=C/C([O-])=N/S(=O)(=O)C(F)(F)F. The zero-order valence-corrected chi connectivity index (χ0v) is 8.18. The largest absolute Gasteiger partial charge is 0.858 e. The first-order chi connectivity index (χ1) is 6.70. The predicted molar refractivity (Wildman–Crippen MR) is 46.4 cm³/mol. The van der Waals surface area contributed by atoms with Crippen molar-refractivity contribution in [3.8, 4) is 0 Å². The Kier molecular flexibility index (Phi) is 4.53. The minimum absolute atomic E-state index is 0.229. The Morgan fingerprint density at radius 2 is 2.00 bits per heavy atom. The van der Waals surface area contributed by atoms with Crippen molar-refractivity contribution in [1.82, 2.24) is 0 Å². The molecule has 0 aliphatic rings. The lowest BCUT2D eigenvalue weighted by atomic mass is 10.4. The van der Waals surface area contributed by atoms with Crippen LogP contribution in [0.3, 0.4) is 0 Å². The quantitative estimate of drug-likeness (QED) is 0.414. The molecule has 0 heterocycles. The molecule has 86 valence electrons. The van der Waals surface area contributed by atoms with Gasteiger partial charge in [0.2, 0.25) is 0 Å². The summed E-state index contributed by atoms with van der Waals surface area (Å²) in [6.07, 6.45) is 3.38. The minimum Gasteiger partial charge on any atom is -0.858 e. The summed E-state index contributed by atoms with van der Waals surface area (Å²) in [5.74, 6) is -1.48. The first kappa shape index (κ1) is 13.7. The first-order valence-corrected chi connectivity index (χ1v) is 5.00. The fourth-order valence-electron chi connectivity index (χ4n) is 0.466. The van der Waals surface area contributed by atoms with E-state index in [2.05, 4.69) is 6.58 Å². The molecule has 0 N–H and O–H groups in total. The molecule has 15 heavy (non-hydrogen) atoms. The molecule has 0 aromatic heterocycles. The summed E-state index contributed by atoms with van der Waals surface area (Å²) in [4.78, 5) is 0. The molecular weight excluding hydrogens is 235 g/mol. The van der Waals surface area contributed by atoms with E-state index in [4.69, 9.17) is 0 Å². The standard InChI is InChI=1S/C7H8F3NO3S/c1-2-3-4-5-6(12)11-15(13,14)7(8,9)10/h2,4-5H,1,3H2,(H,11,12)/p-1/b5-4+. The summed E-state index contributed by atoms with van der Waals surface area (Å²) in [5, 5.41) is 10.6. The van der Waals surface area contributed by atoms with Gasteiger partial charge in [0.15, 0.2) is 0 Å². The lowest BCUT2D eigenvalue weighted by molar-refractivity contribution is -0.211. The van der Waals surface area contributed by atoms with Crippen molar-refractivity contribution >= 4 is 15.9 Å². The maximum absolute atomic E-state index is 11.7. The van der Waals surface area contributed by atoms with Gasteiger partial charge in [-0.25, -0.2) is 0 Å². The number of rotatable bonds is 4. The van der Waals surface area contributed by atoms with Crippen LogP contribution in [0.2, 0.25) is 0 Å². The first-order valence-electron chi connectivity index (χ1n) is 3.56. The van der Waals surface area contributed by atoms with Gasteiger partial charge in [0.05, 0.1) is 0 Å². The third-order valence-electron chi connectivity index (χ3n) is 1.07. The molecule has 0 aromatic rings. The van der Waals surface area contributed by atoms with Crippen LogP contribution < -0.4 is 5.11 Å². The van der Waals surface area contributed by atoms with Crippen LogP contribution in [0.4, 0.5) is 13.2 Å². The van der Waals surface area contributed by atoms with Gasteiger partial charge in [0, 0.05) is 5.90 Å². The third-order valence-corrected chi connectivity index (χ3v) is 2.07. The molecule has 0 bridgehead atoms. The molecule has 0 fully saturated rings. The number of nitrogens with zero attached hydrogens (tertiary/aromatic N) is 1. The highest BCUT2D eigenvalue weighted by molar-refractivity contribution is 7.91. The highest BCUT2D eigenvalue weighted by Gasteiger charge is 2.45. The number of hydrogen-bond acceptors (Lipinski definition) is 3. The van der Waals surface area contributed by atoms with Gasteiger partial charge in [0.25, 0.3) is 0 Å². The van der Waals surface area contributed by atoms with E-state index in [1.54, 1.807) is 0 Å². The van der Waals surface area contributed by atoms with Crippen molar-refractivity contribution in [3.63, 3.8) is 0 Å². The summed E-state index contributed by atoms with van der Waals surface area (Å²) in [7, 11) is -5.74. The third kappa shape index (κ3) is 4.63. The second-order valence-corrected chi connectivity index (χ2v) is 3.87. The summed E-state index contributed by atoms with van der Waals surface area (Å²) < 4.78 is 57.8. The topological polar surface area (TPSA) is 69.6 Å². The van der Waals surface area contributed by atoms with E-state index >= 15 is 0 Å². The lowest BCUT2D eigenvalue weighted by Gasteiger charge is -2.07. The zero-order chi connectivity index (χ0) is 12.1. The Morgan fingerprint density at radius 1 is 1.47 bits per heavy atom. The van der Waals surface area contributed by atoms with Gasteiger partial charge < -0.3 is 5.11 Å². The van der Waals surface area contributed by atoms with Crippen LogP contribution in [-0.2, 0) is 10.0 Å². The van der Waals surface area contributed by atoms with Crippen LogP contribution in [0.5, 0.6) is 0 Å². The molecule has 0 spiro atoms. The molecule has 0 radical (unpaired) electrons. The molecule has 0 atom stereocenters. The molecule has 0 unspecified atom stereocenters. The zero-order valence-electron chi connectivity index (χ0n) is 7.36. The van der Waals surface area contributed by atoms with Crippen LogP contribution in [-0.4, -0.2) is 19.8 Å². The predicted octanol–water partition coefficient (Wildman–Crippen LogP) is 0.727. The second kappa shape index (κ2) is 4.96. The van der Waals surface area contributed by atoms with Crippen LogP contribution >= 0.6 is 0 Å². The van der Waals surface area contributed by atoms with Gasteiger partial charge in [-0.3, -0.25) is 0 Å². The Morgan fingerprint density at radius 3 is 2.40 bits per heavy atom. The van der Waals surface area contributed by atoms with Gasteiger partial charge in [-0.15, -0.1) is 6.58 Å². The van der Waals surface area contributed by atoms with Gasteiger partial charge in [-0.05, 0) is 6.42 Å². The molecule has 0 aromatic carbocycles. The van der Waals surface area contributed by atoms with Crippen LogP contribution in [0.15, 0.2) is 29.2 Å². The summed E-state index contributed by atoms with van der Waals surface area (Å²) in [6, 6.07) is 0. The highest BCUT2D eigenvalue weighted by Crippen LogP contribution is 2.24. The van der Waals surface area contributed by atoms with Crippen molar-refractivity contribution < 1.29 is 26.7 Å². The Hall–Kier alpha value is -1.31. The maximum atomic E-state index is 11.7. The minimum atomic E-state index is -5.74. The van der Waals surface area contributed by atoms with E-state index in [0.29, 0.717) is 6.08 Å². The number of alkyl halides is 3. The van der Waals surface area contributed by atoms with Crippen LogP contribution in [0, 0.1) is 0 Å². The Balaban J connectivity index is 4.84. The smallest absolute Gasteiger partial charge is 0.518 e. The molecule has 0 rings (SSSR count). The van der Waals surface area contributed by atoms with Crippen LogP contribution in [0.1, 0.15) is 6.42 Å². The molecule has 0 saturated carbocycles. The number of allylic oxidation sites excluding steroid dienone is 2. The molecule has 4 nitrogen and oxygen atoms in total. The van der Waals surface area contributed by atoms with E-state index in [1.165, 1.54) is 6.08 Å². The molecule has 0 saturated heterocycles. The number of halogens is 3. The normalized spacial score (nSPS) is 14.5. The molecular formula is C7H7F3NO3S-. The van der Waals surface area contributed by atoms with Crippen LogP contribution in [0.25, 0.3) is 0 Å². The average Bonchev–Trinajstić information content (AvgIpc) is 2.01. The van der Waals surface area contributed by atoms with Crippen molar-refractivity contribution in [1.29, 1.82) is 0 Å². The number of hydrogen-bond donors (Lipinski definition) is 0. The monoisotopic (exact) mass is 242 g/mol. The Bertz CT molecular complexity index is 381. The van der Waals surface area contributed by atoms with Crippen molar-refractivity contribution in [2.75, 3.05) is 0 Å². The summed E-state index contributed by atoms with van der Waals surface area (Å²) >= 11 is 0. The van der Waals surface area contributed by atoms with Crippen molar-refractivity contribution in [3.05, 3.63) is 24.8 Å². The average molecular weight is 242 g/mol. The fourth-order valence-corrected chi connectivity index (χ4v) is 0.867. The van der Waals surface area contributed by atoms with Gasteiger partial charge in [-0.1, -0.05) is 18.2 Å². The van der Waals surface area contributed by atoms with Gasteiger partial charge in [0.1, 0.15) is 0 Å². The van der Waals surface area contributed by atoms with E-state index < -0.39 is 21.4 Å². The second-order valence-electron chi connectivity index (χ2n) is 2.28.